The molecule has 0 fully saturated rings. The maximum absolute atomic E-state index is 5.82. The first kappa shape index (κ1) is 28.4. The first-order valence-corrected chi connectivity index (χ1v) is 13.3. The van der Waals surface area contributed by atoms with Gasteiger partial charge in [0.25, 0.3) is 0 Å². The molecule has 0 unspecified atom stereocenters. The van der Waals surface area contributed by atoms with Crippen LogP contribution in [0.1, 0.15) is 12.8 Å². The van der Waals surface area contributed by atoms with E-state index in [1.165, 1.54) is 0 Å². The van der Waals surface area contributed by atoms with Gasteiger partial charge in [0.15, 0.2) is 0 Å². The van der Waals surface area contributed by atoms with Crippen LogP contribution < -0.4 is 9.47 Å². The second kappa shape index (κ2) is 17.1. The molecule has 4 rings (SSSR count). The molecule has 0 saturated heterocycles. The topological polar surface area (TPSA) is 99.6 Å². The molecule has 0 N–H and O–H groups in total. The first-order chi connectivity index (χ1) is 18.9. The molecule has 38 heavy (non-hydrogen) atoms. The van der Waals surface area contributed by atoms with Crippen molar-refractivity contribution in [2.24, 2.45) is 0 Å². The molecule has 1 aliphatic heterocycles. The standard InChI is InChI=1S/C28H38N2O8/c1-2-10-32-12-14-34-16-18-36-20-22-38-26-8-6-24-4-3-23-5-7-25(29-27(23)28(24)30-26)37-21-19-35-17-15-33-13-11-31-9-1/h3-8H,1-2,9-22H2. The van der Waals surface area contributed by atoms with Crippen molar-refractivity contribution in [3.8, 4) is 11.8 Å². The second-order valence-corrected chi connectivity index (χ2v) is 8.59. The van der Waals surface area contributed by atoms with E-state index in [4.69, 9.17) is 47.9 Å². The number of hydrogen-bond donors (Lipinski definition) is 0. The molecule has 2 aromatic heterocycles. The van der Waals surface area contributed by atoms with E-state index in [1.54, 1.807) is 0 Å². The Labute approximate surface area is 223 Å². The Hall–Kier alpha value is -2.60. The van der Waals surface area contributed by atoms with E-state index in [1.807, 2.05) is 36.4 Å². The van der Waals surface area contributed by atoms with Crippen molar-refractivity contribution < 1.29 is 37.9 Å². The summed E-state index contributed by atoms with van der Waals surface area (Å²) in [6.45, 7) is 7.35. The van der Waals surface area contributed by atoms with E-state index in [2.05, 4.69) is 0 Å². The van der Waals surface area contributed by atoms with Crippen LogP contribution in [0.2, 0.25) is 0 Å². The third-order valence-electron chi connectivity index (χ3n) is 5.74. The van der Waals surface area contributed by atoms with Crippen molar-refractivity contribution in [3.05, 3.63) is 36.4 Å². The largest absolute Gasteiger partial charge is 0.475 e. The predicted molar refractivity (Wildman–Crippen MR) is 142 cm³/mol. The van der Waals surface area contributed by atoms with Gasteiger partial charge in [0.2, 0.25) is 11.8 Å². The maximum atomic E-state index is 5.82. The minimum Gasteiger partial charge on any atom is -0.475 e. The van der Waals surface area contributed by atoms with Gasteiger partial charge in [-0.25, -0.2) is 9.97 Å². The van der Waals surface area contributed by atoms with Crippen molar-refractivity contribution in [1.29, 1.82) is 0 Å². The average Bonchev–Trinajstić information content (AvgIpc) is 2.94. The van der Waals surface area contributed by atoms with Crippen LogP contribution in [-0.4, -0.2) is 102 Å². The van der Waals surface area contributed by atoms with Gasteiger partial charge in [-0.05, 0) is 25.0 Å². The predicted octanol–water partition coefficient (Wildman–Crippen LogP) is 3.43. The Balaban J connectivity index is 1.30. The molecule has 4 bridgehead atoms. The molecule has 0 aliphatic carbocycles. The van der Waals surface area contributed by atoms with E-state index in [9.17, 15) is 0 Å². The van der Waals surface area contributed by atoms with Gasteiger partial charge in [-0.15, -0.1) is 0 Å². The third kappa shape index (κ3) is 9.94. The highest BCUT2D eigenvalue weighted by Gasteiger charge is 2.08. The van der Waals surface area contributed by atoms with Gasteiger partial charge in [0, 0.05) is 36.1 Å². The van der Waals surface area contributed by atoms with E-state index < -0.39 is 0 Å². The Morgan fingerprint density at radius 2 is 0.684 bits per heavy atom. The van der Waals surface area contributed by atoms with Crippen molar-refractivity contribution in [2.45, 2.75) is 12.8 Å². The summed E-state index contributed by atoms with van der Waals surface area (Å²) in [5, 5.41) is 1.96. The van der Waals surface area contributed by atoms with Crippen LogP contribution in [0.25, 0.3) is 21.8 Å². The SMILES string of the molecule is c1cc2ccc3ccc4nc3c2nc1OCCOCCOCCOCCCCOCCOCCOCCO4. The normalized spacial score (nSPS) is 19.3. The number of ether oxygens (including phenoxy) is 8. The highest BCUT2D eigenvalue weighted by atomic mass is 16.6. The summed E-state index contributed by atoms with van der Waals surface area (Å²) in [6.07, 6.45) is 1.91. The lowest BCUT2D eigenvalue weighted by atomic mass is 10.1. The quantitative estimate of drug-likeness (QED) is 0.402. The molecule has 3 heterocycles. The van der Waals surface area contributed by atoms with Gasteiger partial charge in [-0.3, -0.25) is 0 Å². The summed E-state index contributed by atoms with van der Waals surface area (Å²) in [5.41, 5.74) is 1.53. The van der Waals surface area contributed by atoms with Crippen LogP contribution in [0.5, 0.6) is 11.8 Å². The summed E-state index contributed by atoms with van der Waals surface area (Å²) in [5.74, 6) is 1.05. The molecule has 10 heteroatoms. The third-order valence-corrected chi connectivity index (χ3v) is 5.74. The number of pyridine rings is 2. The molecule has 0 saturated carbocycles. The van der Waals surface area contributed by atoms with Gasteiger partial charge >= 0.3 is 0 Å². The zero-order chi connectivity index (χ0) is 26.1. The number of hydrogen-bond acceptors (Lipinski definition) is 10. The molecule has 3 aromatic rings. The minimum absolute atomic E-state index is 0.392. The van der Waals surface area contributed by atoms with Crippen LogP contribution in [-0.2, 0) is 28.4 Å². The fraction of sp³-hybridized carbons (Fsp3) is 0.571. The Kier molecular flexibility index (Phi) is 12.8. The van der Waals surface area contributed by atoms with Crippen molar-refractivity contribution in [3.63, 3.8) is 0 Å². The highest BCUT2D eigenvalue weighted by molar-refractivity contribution is 6.03. The van der Waals surface area contributed by atoms with E-state index in [-0.39, 0.29) is 0 Å². The Morgan fingerprint density at radius 3 is 1.08 bits per heavy atom. The zero-order valence-corrected chi connectivity index (χ0v) is 21.9. The van der Waals surface area contributed by atoms with Gasteiger partial charge in [-0.2, -0.15) is 0 Å². The average molecular weight is 531 g/mol. The number of benzene rings is 1. The molecular formula is C28H38N2O8. The lowest BCUT2D eigenvalue weighted by Gasteiger charge is -2.10. The Bertz CT molecular complexity index is 999. The van der Waals surface area contributed by atoms with Crippen LogP contribution in [0.3, 0.4) is 0 Å². The number of fused-ring (bicyclic) bond motifs is 2. The van der Waals surface area contributed by atoms with Crippen molar-refractivity contribution in [2.75, 3.05) is 92.5 Å². The second-order valence-electron chi connectivity index (χ2n) is 8.59. The monoisotopic (exact) mass is 530 g/mol. The fourth-order valence-corrected chi connectivity index (χ4v) is 3.80. The van der Waals surface area contributed by atoms with E-state index in [0.29, 0.717) is 104 Å². The summed E-state index contributed by atoms with van der Waals surface area (Å²) in [6, 6.07) is 11.7. The molecule has 208 valence electrons. The van der Waals surface area contributed by atoms with Crippen LogP contribution in [0.15, 0.2) is 36.4 Å². The van der Waals surface area contributed by atoms with Gasteiger partial charge < -0.3 is 37.9 Å². The minimum atomic E-state index is 0.392. The summed E-state index contributed by atoms with van der Waals surface area (Å²) in [7, 11) is 0. The number of aromatic nitrogens is 2. The summed E-state index contributed by atoms with van der Waals surface area (Å²) >= 11 is 0. The Morgan fingerprint density at radius 1 is 0.368 bits per heavy atom. The molecule has 1 aromatic carbocycles. The van der Waals surface area contributed by atoms with Crippen LogP contribution >= 0.6 is 0 Å². The molecule has 0 spiro atoms. The van der Waals surface area contributed by atoms with Crippen LogP contribution in [0, 0.1) is 0 Å². The van der Waals surface area contributed by atoms with Crippen LogP contribution in [0.4, 0.5) is 0 Å². The van der Waals surface area contributed by atoms with Crippen molar-refractivity contribution in [1.82, 2.24) is 9.97 Å². The lowest BCUT2D eigenvalue weighted by molar-refractivity contribution is 0.00288. The number of rotatable bonds is 0. The van der Waals surface area contributed by atoms with E-state index >= 15 is 0 Å². The number of nitrogens with zero attached hydrogens (tertiary/aromatic N) is 2. The first-order valence-electron chi connectivity index (χ1n) is 13.3. The van der Waals surface area contributed by atoms with Gasteiger partial charge in [0.1, 0.15) is 24.2 Å². The maximum Gasteiger partial charge on any atom is 0.213 e. The smallest absolute Gasteiger partial charge is 0.213 e. The summed E-state index contributed by atoms with van der Waals surface area (Å²) < 4.78 is 45.1. The molecule has 0 amide bonds. The molecule has 0 atom stereocenters. The van der Waals surface area contributed by atoms with Gasteiger partial charge in [-0.1, -0.05) is 12.1 Å². The summed E-state index contributed by atoms with van der Waals surface area (Å²) in [4.78, 5) is 9.40. The molecule has 1 aliphatic rings. The molecule has 10 nitrogen and oxygen atoms in total. The van der Waals surface area contributed by atoms with E-state index in [0.717, 1.165) is 34.6 Å². The molecule has 0 radical (unpaired) electrons. The molecular weight excluding hydrogens is 492 g/mol. The fourth-order valence-electron chi connectivity index (χ4n) is 3.80. The van der Waals surface area contributed by atoms with Gasteiger partial charge in [0.05, 0.1) is 66.1 Å². The van der Waals surface area contributed by atoms with Crippen molar-refractivity contribution >= 4 is 21.8 Å². The lowest BCUT2D eigenvalue weighted by Crippen LogP contribution is -2.13. The zero-order valence-electron chi connectivity index (χ0n) is 21.9. The highest BCUT2D eigenvalue weighted by Crippen LogP contribution is 2.26.